The summed E-state index contributed by atoms with van der Waals surface area (Å²) in [4.78, 5) is 15.3. The van der Waals surface area contributed by atoms with Gasteiger partial charge in [-0.2, -0.15) is 0 Å². The Kier molecular flexibility index (Phi) is 8.18. The lowest BCUT2D eigenvalue weighted by Gasteiger charge is -2.29. The first-order valence-corrected chi connectivity index (χ1v) is 13.6. The zero-order chi connectivity index (χ0) is 25.7. The Balaban J connectivity index is 1.50. The van der Waals surface area contributed by atoms with E-state index in [4.69, 9.17) is 16.3 Å². The predicted molar refractivity (Wildman–Crippen MR) is 143 cm³/mol. The summed E-state index contributed by atoms with van der Waals surface area (Å²) in [6.45, 7) is 6.67. The van der Waals surface area contributed by atoms with Crippen molar-refractivity contribution in [2.75, 3.05) is 42.1 Å². The standard InChI is InChI=1S/C27H30ClN3O4S/c1-20-6-12-24(13-7-20)36(33,34)31(26-5-3-4-25(28)21(26)2)19-27(32)29-18-22-8-10-23(11-9-22)30-14-16-35-17-15-30/h3-13H,14-19H2,1-2H3,(H,29,32). The second-order valence-electron chi connectivity index (χ2n) is 8.75. The number of carbonyl (C=O) groups is 1. The highest BCUT2D eigenvalue weighted by molar-refractivity contribution is 7.92. The maximum absolute atomic E-state index is 13.6. The van der Waals surface area contributed by atoms with E-state index in [9.17, 15) is 13.2 Å². The minimum atomic E-state index is -4.01. The van der Waals surface area contributed by atoms with Crippen molar-refractivity contribution >= 4 is 38.9 Å². The van der Waals surface area contributed by atoms with Gasteiger partial charge >= 0.3 is 0 Å². The van der Waals surface area contributed by atoms with Gasteiger partial charge in [-0.3, -0.25) is 9.10 Å². The van der Waals surface area contributed by atoms with E-state index in [-0.39, 0.29) is 18.0 Å². The number of anilines is 2. The number of benzene rings is 3. The number of hydrogen-bond donors (Lipinski definition) is 1. The molecule has 1 heterocycles. The van der Waals surface area contributed by atoms with Gasteiger partial charge in [0.15, 0.2) is 0 Å². The quantitative estimate of drug-likeness (QED) is 0.472. The maximum atomic E-state index is 13.6. The number of aryl methyl sites for hydroxylation is 1. The number of rotatable bonds is 8. The van der Waals surface area contributed by atoms with E-state index in [2.05, 4.69) is 10.2 Å². The number of nitrogens with zero attached hydrogens (tertiary/aromatic N) is 2. The highest BCUT2D eigenvalue weighted by Crippen LogP contribution is 2.31. The lowest BCUT2D eigenvalue weighted by atomic mass is 10.2. The van der Waals surface area contributed by atoms with E-state index >= 15 is 0 Å². The Labute approximate surface area is 217 Å². The zero-order valence-corrected chi connectivity index (χ0v) is 22.0. The van der Waals surface area contributed by atoms with Crippen LogP contribution in [0.25, 0.3) is 0 Å². The lowest BCUT2D eigenvalue weighted by Crippen LogP contribution is -2.41. The molecule has 1 amide bonds. The van der Waals surface area contributed by atoms with E-state index in [1.165, 1.54) is 0 Å². The second-order valence-corrected chi connectivity index (χ2v) is 11.0. The maximum Gasteiger partial charge on any atom is 0.264 e. The Morgan fingerprint density at radius 2 is 1.67 bits per heavy atom. The highest BCUT2D eigenvalue weighted by Gasteiger charge is 2.28. The third-order valence-corrected chi connectivity index (χ3v) is 8.39. The van der Waals surface area contributed by atoms with E-state index < -0.39 is 15.9 Å². The van der Waals surface area contributed by atoms with Crippen molar-refractivity contribution in [2.24, 2.45) is 0 Å². The zero-order valence-electron chi connectivity index (χ0n) is 20.4. The second kappa shape index (κ2) is 11.3. The van der Waals surface area contributed by atoms with Crippen molar-refractivity contribution in [1.82, 2.24) is 5.32 Å². The number of carbonyl (C=O) groups excluding carboxylic acids is 1. The van der Waals surface area contributed by atoms with Crippen molar-refractivity contribution in [2.45, 2.75) is 25.3 Å². The molecule has 0 atom stereocenters. The SMILES string of the molecule is Cc1ccc(S(=O)(=O)N(CC(=O)NCc2ccc(N3CCOCC3)cc2)c2cccc(Cl)c2C)cc1. The summed E-state index contributed by atoms with van der Waals surface area (Å²) in [5.74, 6) is -0.415. The molecule has 0 aromatic heterocycles. The first-order chi connectivity index (χ1) is 17.3. The molecule has 0 unspecified atom stereocenters. The number of morpholine rings is 1. The first-order valence-electron chi connectivity index (χ1n) is 11.8. The lowest BCUT2D eigenvalue weighted by molar-refractivity contribution is -0.119. The largest absolute Gasteiger partial charge is 0.378 e. The number of halogens is 1. The molecule has 0 spiro atoms. The van der Waals surface area contributed by atoms with E-state index in [0.717, 1.165) is 34.2 Å². The van der Waals surface area contributed by atoms with Crippen LogP contribution in [0.4, 0.5) is 11.4 Å². The van der Waals surface area contributed by atoms with Crippen molar-refractivity contribution in [1.29, 1.82) is 0 Å². The Bertz CT molecular complexity index is 1310. The molecule has 1 aliphatic rings. The topological polar surface area (TPSA) is 79.0 Å². The van der Waals surface area contributed by atoms with Crippen LogP contribution in [0.5, 0.6) is 0 Å². The number of hydrogen-bond acceptors (Lipinski definition) is 5. The number of sulfonamides is 1. The van der Waals surface area contributed by atoms with Gasteiger partial charge in [0.1, 0.15) is 6.54 Å². The van der Waals surface area contributed by atoms with Crippen LogP contribution < -0.4 is 14.5 Å². The Morgan fingerprint density at radius 3 is 2.33 bits per heavy atom. The van der Waals surface area contributed by atoms with Crippen molar-refractivity contribution in [3.05, 3.63) is 88.4 Å². The van der Waals surface area contributed by atoms with Crippen LogP contribution in [0.15, 0.2) is 71.6 Å². The van der Waals surface area contributed by atoms with Crippen molar-refractivity contribution in [3.8, 4) is 0 Å². The molecule has 1 N–H and O–H groups in total. The monoisotopic (exact) mass is 527 g/mol. The Hall–Kier alpha value is -3.07. The molecule has 0 radical (unpaired) electrons. The molecule has 0 aliphatic carbocycles. The van der Waals surface area contributed by atoms with E-state index in [1.54, 1.807) is 49.4 Å². The molecule has 0 bridgehead atoms. The summed E-state index contributed by atoms with van der Waals surface area (Å²) < 4.78 is 33.7. The molecule has 0 saturated carbocycles. The fourth-order valence-corrected chi connectivity index (χ4v) is 5.68. The minimum absolute atomic E-state index is 0.110. The molecule has 3 aromatic carbocycles. The average molecular weight is 528 g/mol. The molecule has 1 fully saturated rings. The van der Waals surface area contributed by atoms with Crippen LogP contribution in [-0.2, 0) is 26.1 Å². The molecule has 190 valence electrons. The summed E-state index contributed by atoms with van der Waals surface area (Å²) in [5.41, 5.74) is 3.93. The van der Waals surface area contributed by atoms with Crippen LogP contribution in [0.1, 0.15) is 16.7 Å². The van der Waals surface area contributed by atoms with Gasteiger partial charge in [0.2, 0.25) is 5.91 Å². The molecule has 3 aromatic rings. The fourth-order valence-electron chi connectivity index (χ4n) is 4.04. The molecule has 9 heteroatoms. The normalized spacial score (nSPS) is 13.9. The Morgan fingerprint density at radius 1 is 1.00 bits per heavy atom. The molecular formula is C27H30ClN3O4S. The van der Waals surface area contributed by atoms with Crippen molar-refractivity contribution < 1.29 is 17.9 Å². The average Bonchev–Trinajstić information content (AvgIpc) is 2.89. The molecule has 1 aliphatic heterocycles. The van der Waals surface area contributed by atoms with E-state index in [0.29, 0.717) is 29.5 Å². The van der Waals surface area contributed by atoms with Gasteiger partial charge in [0, 0.05) is 30.3 Å². The van der Waals surface area contributed by atoms with Crippen LogP contribution in [0.3, 0.4) is 0 Å². The number of nitrogens with one attached hydrogen (secondary N) is 1. The van der Waals surface area contributed by atoms with Crippen LogP contribution in [-0.4, -0.2) is 47.2 Å². The summed E-state index contributed by atoms with van der Waals surface area (Å²) in [6, 6.07) is 19.6. The van der Waals surface area contributed by atoms with Gasteiger partial charge in [0.05, 0.1) is 23.8 Å². The summed E-state index contributed by atoms with van der Waals surface area (Å²) in [7, 11) is -4.01. The fraction of sp³-hybridized carbons (Fsp3) is 0.296. The van der Waals surface area contributed by atoms with Gasteiger partial charge in [0.25, 0.3) is 10.0 Å². The summed E-state index contributed by atoms with van der Waals surface area (Å²) in [5, 5.41) is 3.28. The van der Waals surface area contributed by atoms with Gasteiger partial charge < -0.3 is 15.0 Å². The summed E-state index contributed by atoms with van der Waals surface area (Å²) in [6.07, 6.45) is 0. The van der Waals surface area contributed by atoms with Crippen LogP contribution >= 0.6 is 11.6 Å². The third-order valence-electron chi connectivity index (χ3n) is 6.21. The molecule has 4 rings (SSSR count). The van der Waals surface area contributed by atoms with Gasteiger partial charge in [-0.25, -0.2) is 8.42 Å². The van der Waals surface area contributed by atoms with Gasteiger partial charge in [-0.1, -0.05) is 47.5 Å². The first kappa shape index (κ1) is 26.0. The van der Waals surface area contributed by atoms with Crippen LogP contribution in [0, 0.1) is 13.8 Å². The van der Waals surface area contributed by atoms with E-state index in [1.807, 2.05) is 31.2 Å². The van der Waals surface area contributed by atoms with Gasteiger partial charge in [-0.15, -0.1) is 0 Å². The summed E-state index contributed by atoms with van der Waals surface area (Å²) >= 11 is 6.29. The number of ether oxygens (including phenoxy) is 1. The third kappa shape index (κ3) is 6.00. The smallest absolute Gasteiger partial charge is 0.264 e. The number of amides is 1. The van der Waals surface area contributed by atoms with Gasteiger partial charge in [-0.05, 0) is 61.4 Å². The molecule has 36 heavy (non-hydrogen) atoms. The highest BCUT2D eigenvalue weighted by atomic mass is 35.5. The molecule has 1 saturated heterocycles. The van der Waals surface area contributed by atoms with Crippen molar-refractivity contribution in [3.63, 3.8) is 0 Å². The molecule has 7 nitrogen and oxygen atoms in total. The minimum Gasteiger partial charge on any atom is -0.378 e. The van der Waals surface area contributed by atoms with Crippen LogP contribution in [0.2, 0.25) is 5.02 Å². The predicted octanol–water partition coefficient (Wildman–Crippen LogP) is 4.31. The molecular weight excluding hydrogens is 498 g/mol.